The molecule has 1 saturated heterocycles. The van der Waals surface area contributed by atoms with Crippen molar-refractivity contribution >= 4 is 20.7 Å². The van der Waals surface area contributed by atoms with Gasteiger partial charge < -0.3 is 29.2 Å². The van der Waals surface area contributed by atoms with E-state index < -0.39 is 58.0 Å². The normalized spacial score (nSPS) is 36.0. The molecule has 0 aromatic heterocycles. The Hall–Kier alpha value is -0.420. The zero-order chi connectivity index (χ0) is 15.7. The molecular weight excluding hydrogens is 326 g/mol. The number of hydrogen-bond acceptors (Lipinski definition) is 11. The van der Waals surface area contributed by atoms with Crippen LogP contribution in [0, 0.1) is 0 Å². The first-order chi connectivity index (χ1) is 8.91. The van der Waals surface area contributed by atoms with Gasteiger partial charge in [0.05, 0.1) is 12.6 Å². The lowest BCUT2D eigenvalue weighted by Gasteiger charge is -2.41. The van der Waals surface area contributed by atoms with Crippen LogP contribution in [0.15, 0.2) is 0 Å². The molecule has 120 valence electrons. The summed E-state index contributed by atoms with van der Waals surface area (Å²) in [7, 11) is -10.1. The first-order valence-corrected chi connectivity index (χ1v) is 7.68. The van der Waals surface area contributed by atoms with E-state index in [0.717, 1.165) is 0 Å². The number of rotatable bonds is 5. The first-order valence-electron chi connectivity index (χ1n) is 4.94. The number of aliphatic hydroxyl groups excluding tert-OH is 3. The molecular formula is C6H11NO11S2-2. The van der Waals surface area contributed by atoms with Gasteiger partial charge in [-0.15, -0.1) is 0 Å². The summed E-state index contributed by atoms with van der Waals surface area (Å²) in [5.41, 5.74) is 0. The quantitative estimate of drug-likeness (QED) is 0.277. The summed E-state index contributed by atoms with van der Waals surface area (Å²) in [6.45, 7) is -1.02. The molecule has 12 nitrogen and oxygen atoms in total. The number of aliphatic hydroxyl groups is 3. The second-order valence-electron chi connectivity index (χ2n) is 3.84. The van der Waals surface area contributed by atoms with Gasteiger partial charge in [0.15, 0.2) is 16.6 Å². The van der Waals surface area contributed by atoms with Crippen LogP contribution in [0.25, 0.3) is 0 Å². The second-order valence-corrected chi connectivity index (χ2v) is 6.03. The van der Waals surface area contributed by atoms with E-state index in [-0.39, 0.29) is 0 Å². The largest absolute Gasteiger partial charge is 0.735 e. The fourth-order valence-electron chi connectivity index (χ4n) is 1.53. The van der Waals surface area contributed by atoms with Gasteiger partial charge >= 0.3 is 0 Å². The summed E-state index contributed by atoms with van der Waals surface area (Å²) in [4.78, 5) is 0. The van der Waals surface area contributed by atoms with Gasteiger partial charge in [-0.25, -0.2) is 21.6 Å². The van der Waals surface area contributed by atoms with Gasteiger partial charge in [0.2, 0.25) is 10.4 Å². The molecule has 1 unspecified atom stereocenters. The maximum atomic E-state index is 10.5. The van der Waals surface area contributed by atoms with E-state index in [1.54, 1.807) is 0 Å². The standard InChI is InChI=1S/C6H13NO11S2/c8-4-2(1-17-20(14,15)16)18-6(10)3(5(4)9)7-19(11,12)13/h2-10H,1H2,(H,11,12,13)(H,14,15,16)/p-2/t2-,3-,4-,5-,6?/m1/s1. The Bertz CT molecular complexity index is 527. The Labute approximate surface area is 113 Å². The van der Waals surface area contributed by atoms with Gasteiger partial charge in [0.1, 0.15) is 18.3 Å². The van der Waals surface area contributed by atoms with E-state index in [0.29, 0.717) is 0 Å². The molecule has 1 rings (SSSR count). The van der Waals surface area contributed by atoms with Crippen molar-refractivity contribution in [2.45, 2.75) is 30.6 Å². The molecule has 1 fully saturated rings. The summed E-state index contributed by atoms with van der Waals surface area (Å²) in [6, 6.07) is -1.87. The third-order valence-corrected chi connectivity index (χ3v) is 3.36. The Morgan fingerprint density at radius 3 is 2.10 bits per heavy atom. The van der Waals surface area contributed by atoms with Crippen molar-refractivity contribution in [3.63, 3.8) is 0 Å². The smallest absolute Gasteiger partial charge is 0.217 e. The van der Waals surface area contributed by atoms with Crippen molar-refractivity contribution in [2.75, 3.05) is 6.61 Å². The van der Waals surface area contributed by atoms with Crippen molar-refractivity contribution in [3.05, 3.63) is 0 Å². The van der Waals surface area contributed by atoms with E-state index in [9.17, 15) is 41.3 Å². The lowest BCUT2D eigenvalue weighted by Crippen LogP contribution is -2.64. The molecule has 0 aromatic carbocycles. The molecule has 4 N–H and O–H groups in total. The lowest BCUT2D eigenvalue weighted by atomic mass is 9.98. The summed E-state index contributed by atoms with van der Waals surface area (Å²) < 4.78 is 71.7. The van der Waals surface area contributed by atoms with Crippen molar-refractivity contribution < 1.29 is 50.2 Å². The molecule has 1 aliphatic heterocycles. The molecule has 0 saturated carbocycles. The molecule has 0 amide bonds. The molecule has 0 radical (unpaired) electrons. The van der Waals surface area contributed by atoms with Crippen molar-refractivity contribution in [1.29, 1.82) is 0 Å². The fourth-order valence-corrected chi connectivity index (χ4v) is 2.42. The minimum absolute atomic E-state index is 1.02. The topological polar surface area (TPSA) is 206 Å². The highest BCUT2D eigenvalue weighted by molar-refractivity contribution is 7.83. The second kappa shape index (κ2) is 6.14. The summed E-state index contributed by atoms with van der Waals surface area (Å²) in [5.74, 6) is 0. The monoisotopic (exact) mass is 337 g/mol. The SMILES string of the molecule is O=S(=O)([O-])N[C@H]1C(O)O[C@H](COS(=O)(=O)[O-])[C@@H](O)[C@@H]1O. The van der Waals surface area contributed by atoms with E-state index >= 15 is 0 Å². The third-order valence-electron chi connectivity index (χ3n) is 2.38. The van der Waals surface area contributed by atoms with Gasteiger partial charge in [0.25, 0.3) is 0 Å². The molecule has 0 aromatic rings. The Morgan fingerprint density at radius 1 is 1.10 bits per heavy atom. The highest BCUT2D eigenvalue weighted by Gasteiger charge is 2.44. The molecule has 1 aliphatic rings. The summed E-state index contributed by atoms with van der Waals surface area (Å²) in [6.07, 6.45) is -7.61. The maximum absolute atomic E-state index is 10.5. The van der Waals surface area contributed by atoms with Crippen LogP contribution in [-0.2, 0) is 29.6 Å². The van der Waals surface area contributed by atoms with Crippen LogP contribution in [0.3, 0.4) is 0 Å². The Kier molecular flexibility index (Phi) is 5.41. The highest BCUT2D eigenvalue weighted by atomic mass is 32.3. The molecule has 0 bridgehead atoms. The molecule has 0 spiro atoms. The van der Waals surface area contributed by atoms with Crippen molar-refractivity contribution in [1.82, 2.24) is 4.72 Å². The average Bonchev–Trinajstić information content (AvgIpc) is 2.25. The van der Waals surface area contributed by atoms with Crippen LogP contribution in [0.5, 0.6) is 0 Å². The van der Waals surface area contributed by atoms with Gasteiger partial charge in [-0.1, -0.05) is 0 Å². The zero-order valence-corrected chi connectivity index (χ0v) is 11.2. The van der Waals surface area contributed by atoms with Crippen LogP contribution in [0.2, 0.25) is 0 Å². The Balaban J connectivity index is 2.76. The van der Waals surface area contributed by atoms with E-state index in [2.05, 4.69) is 8.92 Å². The van der Waals surface area contributed by atoms with Crippen molar-refractivity contribution in [3.8, 4) is 0 Å². The summed E-state index contributed by atoms with van der Waals surface area (Å²) in [5, 5.41) is 28.4. The lowest BCUT2D eigenvalue weighted by molar-refractivity contribution is -0.250. The van der Waals surface area contributed by atoms with Crippen LogP contribution >= 0.6 is 0 Å². The molecule has 5 atom stereocenters. The number of hydrogen-bond donors (Lipinski definition) is 4. The van der Waals surface area contributed by atoms with E-state index in [1.165, 1.54) is 4.72 Å². The van der Waals surface area contributed by atoms with Crippen molar-refractivity contribution in [2.24, 2.45) is 0 Å². The zero-order valence-electron chi connectivity index (χ0n) is 9.52. The van der Waals surface area contributed by atoms with Gasteiger partial charge in [0, 0.05) is 0 Å². The van der Waals surface area contributed by atoms with Crippen LogP contribution in [-0.4, -0.2) is 78.5 Å². The van der Waals surface area contributed by atoms with Crippen LogP contribution in [0.4, 0.5) is 0 Å². The number of nitrogens with one attached hydrogen (secondary N) is 1. The molecule has 20 heavy (non-hydrogen) atoms. The van der Waals surface area contributed by atoms with E-state index in [4.69, 9.17) is 0 Å². The van der Waals surface area contributed by atoms with Gasteiger partial charge in [-0.2, -0.15) is 0 Å². The molecule has 14 heteroatoms. The highest BCUT2D eigenvalue weighted by Crippen LogP contribution is 2.21. The first kappa shape index (κ1) is 17.6. The minimum atomic E-state index is -5.09. The van der Waals surface area contributed by atoms with Gasteiger partial charge in [-0.05, 0) is 0 Å². The van der Waals surface area contributed by atoms with Gasteiger partial charge in [-0.3, -0.25) is 4.18 Å². The molecule has 1 heterocycles. The molecule has 0 aliphatic carbocycles. The minimum Gasteiger partial charge on any atom is -0.735 e. The predicted molar refractivity (Wildman–Crippen MR) is 55.2 cm³/mol. The van der Waals surface area contributed by atoms with Crippen LogP contribution in [0.1, 0.15) is 0 Å². The third kappa shape index (κ3) is 5.17. The van der Waals surface area contributed by atoms with Crippen LogP contribution < -0.4 is 4.72 Å². The Morgan fingerprint density at radius 2 is 1.65 bits per heavy atom. The number of ether oxygens (including phenoxy) is 1. The fraction of sp³-hybridized carbons (Fsp3) is 1.00. The van der Waals surface area contributed by atoms with E-state index in [1.807, 2.05) is 0 Å². The maximum Gasteiger partial charge on any atom is 0.217 e. The average molecular weight is 337 g/mol. The summed E-state index contributed by atoms with van der Waals surface area (Å²) >= 11 is 0. The predicted octanol–water partition coefficient (Wildman–Crippen LogP) is -4.68.